The van der Waals surface area contributed by atoms with E-state index in [1.165, 1.54) is 16.2 Å². The Bertz CT molecular complexity index is 3630. The molecule has 0 N–H and O–H groups in total. The second-order valence-electron chi connectivity index (χ2n) is 15.5. The summed E-state index contributed by atoms with van der Waals surface area (Å²) >= 11 is 1.66. The third-order valence-corrected chi connectivity index (χ3v) is 12.9. The van der Waals surface area contributed by atoms with Crippen LogP contribution in [0.2, 0.25) is 0 Å². The molecule has 0 saturated heterocycles. The first kappa shape index (κ1) is 33.9. The summed E-state index contributed by atoms with van der Waals surface area (Å²) < 4.78 is 13.9. The lowest BCUT2D eigenvalue weighted by Gasteiger charge is -2.26. The van der Waals surface area contributed by atoms with Crippen molar-refractivity contribution in [2.24, 2.45) is 0 Å². The molecular formula is C54H32N4O2S. The molecule has 0 aliphatic carbocycles. The molecule has 0 aliphatic heterocycles. The molecular weight excluding hydrogens is 769 g/mol. The average Bonchev–Trinajstić information content (AvgIpc) is 3.99. The maximum atomic E-state index is 6.40. The quantitative estimate of drug-likeness (QED) is 0.167. The van der Waals surface area contributed by atoms with E-state index in [0.29, 0.717) is 0 Å². The van der Waals surface area contributed by atoms with Crippen molar-refractivity contribution in [3.8, 4) is 0 Å². The van der Waals surface area contributed by atoms with Crippen LogP contribution in [0.3, 0.4) is 0 Å². The fraction of sp³-hybridized carbons (Fsp3) is 0. The van der Waals surface area contributed by atoms with Crippen LogP contribution in [-0.2, 0) is 0 Å². The molecule has 13 rings (SSSR count). The predicted octanol–water partition coefficient (Wildman–Crippen LogP) is 15.9. The highest BCUT2D eigenvalue weighted by molar-refractivity contribution is 7.25. The van der Waals surface area contributed by atoms with Crippen molar-refractivity contribution in [1.29, 1.82) is 0 Å². The van der Waals surface area contributed by atoms with E-state index in [4.69, 9.17) is 18.8 Å². The van der Waals surface area contributed by atoms with E-state index in [0.717, 1.165) is 104 Å². The number of nitrogens with zero attached hydrogens (tertiary/aromatic N) is 4. The van der Waals surface area contributed by atoms with Crippen molar-refractivity contribution < 1.29 is 8.83 Å². The van der Waals surface area contributed by atoms with Crippen molar-refractivity contribution in [3.05, 3.63) is 194 Å². The molecule has 286 valence electrons. The van der Waals surface area contributed by atoms with Crippen molar-refractivity contribution in [1.82, 2.24) is 9.97 Å². The van der Waals surface area contributed by atoms with Crippen LogP contribution >= 0.6 is 11.3 Å². The van der Waals surface area contributed by atoms with Crippen LogP contribution in [0, 0.1) is 0 Å². The Morgan fingerprint density at radius 3 is 1.46 bits per heavy atom. The summed E-state index contributed by atoms with van der Waals surface area (Å²) in [4.78, 5) is 15.9. The molecule has 0 amide bonds. The fourth-order valence-electron chi connectivity index (χ4n) is 8.96. The zero-order valence-electron chi connectivity index (χ0n) is 32.5. The van der Waals surface area contributed by atoms with Crippen LogP contribution in [0.25, 0.3) is 85.9 Å². The maximum Gasteiger partial charge on any atom is 0.157 e. The van der Waals surface area contributed by atoms with Gasteiger partial charge in [-0.3, -0.25) is 4.90 Å². The zero-order valence-corrected chi connectivity index (χ0v) is 33.3. The van der Waals surface area contributed by atoms with Crippen molar-refractivity contribution in [3.63, 3.8) is 0 Å². The van der Waals surface area contributed by atoms with Gasteiger partial charge in [-0.15, -0.1) is 11.3 Å². The molecule has 0 fully saturated rings. The summed E-state index contributed by atoms with van der Waals surface area (Å²) in [6.07, 6.45) is 1.89. The summed E-state index contributed by atoms with van der Waals surface area (Å²) in [5, 5.41) is 10.1. The number of para-hydroxylation sites is 2. The Kier molecular flexibility index (Phi) is 7.37. The van der Waals surface area contributed by atoms with Gasteiger partial charge in [-0.1, -0.05) is 97.1 Å². The Labute approximate surface area is 352 Å². The van der Waals surface area contributed by atoms with Crippen LogP contribution in [0.4, 0.5) is 34.3 Å². The first-order chi connectivity index (χ1) is 30.2. The van der Waals surface area contributed by atoms with Crippen LogP contribution in [0.1, 0.15) is 0 Å². The molecule has 13 aromatic rings. The zero-order chi connectivity index (χ0) is 40.0. The largest absolute Gasteiger partial charge is 0.456 e. The number of thiophene rings is 1. The molecule has 0 bridgehead atoms. The van der Waals surface area contributed by atoms with Crippen molar-refractivity contribution >= 4 is 131 Å². The van der Waals surface area contributed by atoms with Gasteiger partial charge in [-0.2, -0.15) is 0 Å². The molecule has 9 aromatic carbocycles. The highest BCUT2D eigenvalue weighted by Gasteiger charge is 2.21. The van der Waals surface area contributed by atoms with Crippen LogP contribution < -0.4 is 9.80 Å². The molecule has 7 heteroatoms. The van der Waals surface area contributed by atoms with Crippen molar-refractivity contribution in [2.45, 2.75) is 0 Å². The number of hydrogen-bond acceptors (Lipinski definition) is 7. The minimum atomic E-state index is 0.724. The van der Waals surface area contributed by atoms with Gasteiger partial charge in [0, 0.05) is 66.5 Å². The van der Waals surface area contributed by atoms with Gasteiger partial charge in [-0.25, -0.2) is 9.97 Å². The van der Waals surface area contributed by atoms with Crippen LogP contribution in [-0.4, -0.2) is 9.97 Å². The molecule has 6 nitrogen and oxygen atoms in total. The normalized spacial score (nSPS) is 11.9. The first-order valence-electron chi connectivity index (χ1n) is 20.3. The van der Waals surface area contributed by atoms with Crippen LogP contribution in [0.5, 0.6) is 0 Å². The van der Waals surface area contributed by atoms with E-state index in [1.54, 1.807) is 11.3 Å². The molecule has 4 heterocycles. The molecule has 0 aliphatic rings. The van der Waals surface area contributed by atoms with Gasteiger partial charge in [0.05, 0.1) is 11.9 Å². The highest BCUT2D eigenvalue weighted by atomic mass is 32.1. The van der Waals surface area contributed by atoms with Gasteiger partial charge in [0.15, 0.2) is 5.82 Å². The third kappa shape index (κ3) is 5.48. The highest BCUT2D eigenvalue weighted by Crippen LogP contribution is 2.44. The number of rotatable bonds is 6. The van der Waals surface area contributed by atoms with Crippen LogP contribution in [0.15, 0.2) is 203 Å². The Balaban J connectivity index is 0.961. The summed E-state index contributed by atoms with van der Waals surface area (Å²) in [6.45, 7) is 0. The molecule has 0 unspecified atom stereocenters. The number of fused-ring (bicyclic) bond motifs is 11. The van der Waals surface area contributed by atoms with Crippen molar-refractivity contribution in [2.75, 3.05) is 9.80 Å². The molecule has 0 radical (unpaired) electrons. The number of hydrogen-bond donors (Lipinski definition) is 0. The van der Waals surface area contributed by atoms with E-state index < -0.39 is 0 Å². The van der Waals surface area contributed by atoms with E-state index >= 15 is 0 Å². The monoisotopic (exact) mass is 800 g/mol. The Hall–Kier alpha value is -8.00. The van der Waals surface area contributed by atoms with Gasteiger partial charge in [-0.05, 0) is 100 Å². The van der Waals surface area contributed by atoms with E-state index in [2.05, 4.69) is 168 Å². The lowest BCUT2D eigenvalue weighted by atomic mass is 10.1. The number of furan rings is 2. The SMILES string of the molecule is c1ccc2cc(N(c3ccc4c(c3)oc3ccccc34)c3ccc4c(c3)sc3nc(N(c5ccc6ccccc6c5)c5ccc6c(c5)oc5ccccc56)cnc34)ccc2c1. The van der Waals surface area contributed by atoms with Gasteiger partial charge in [0.1, 0.15) is 32.7 Å². The van der Waals surface area contributed by atoms with Gasteiger partial charge in [0.25, 0.3) is 0 Å². The topological polar surface area (TPSA) is 58.5 Å². The van der Waals surface area contributed by atoms with E-state index in [-0.39, 0.29) is 0 Å². The van der Waals surface area contributed by atoms with Gasteiger partial charge >= 0.3 is 0 Å². The molecule has 0 saturated carbocycles. The summed E-state index contributed by atoms with van der Waals surface area (Å²) in [7, 11) is 0. The van der Waals surface area contributed by atoms with E-state index in [1.807, 2.05) is 36.5 Å². The second kappa shape index (κ2) is 13.3. The first-order valence-corrected chi connectivity index (χ1v) is 21.1. The minimum Gasteiger partial charge on any atom is -0.456 e. The van der Waals surface area contributed by atoms with Gasteiger partial charge in [0.2, 0.25) is 0 Å². The number of aromatic nitrogens is 2. The molecule has 61 heavy (non-hydrogen) atoms. The predicted molar refractivity (Wildman–Crippen MR) is 254 cm³/mol. The summed E-state index contributed by atoms with van der Waals surface area (Å²) in [5.74, 6) is 0.724. The second-order valence-corrected chi connectivity index (χ2v) is 16.5. The number of anilines is 6. The molecule has 0 spiro atoms. The average molecular weight is 801 g/mol. The lowest BCUT2D eigenvalue weighted by molar-refractivity contribution is 0.668. The Morgan fingerprint density at radius 1 is 0.377 bits per heavy atom. The van der Waals surface area contributed by atoms with Gasteiger partial charge < -0.3 is 13.7 Å². The molecule has 0 atom stereocenters. The fourth-order valence-corrected chi connectivity index (χ4v) is 10.0. The third-order valence-electron chi connectivity index (χ3n) is 11.9. The lowest BCUT2D eigenvalue weighted by Crippen LogP contribution is -2.11. The Morgan fingerprint density at radius 2 is 0.836 bits per heavy atom. The summed E-state index contributed by atoms with van der Waals surface area (Å²) in [6, 6.07) is 66.0. The smallest absolute Gasteiger partial charge is 0.157 e. The summed E-state index contributed by atoms with van der Waals surface area (Å²) in [5.41, 5.74) is 9.31. The maximum absolute atomic E-state index is 6.40. The van der Waals surface area contributed by atoms with E-state index in [9.17, 15) is 0 Å². The number of benzene rings is 9. The molecule has 4 aromatic heterocycles. The standard InChI is InChI=1S/C54H32N4O2S/c1-3-11-35-27-37(19-17-33(35)9-1)57(39-21-24-44-42-13-5-7-15-47(42)59-49(44)29-39)41-23-26-46-51(31-41)61-54-53(46)55-32-52(56-54)58(38-20-18-34-10-2-4-12-36(34)28-38)40-22-25-45-43-14-6-8-16-48(43)60-50(45)30-40/h1-32H. The minimum absolute atomic E-state index is 0.724.